The number of rotatable bonds is 13. The first-order chi connectivity index (χ1) is 15.9. The fourth-order valence-corrected chi connectivity index (χ4v) is 3.55. The van der Waals surface area contributed by atoms with E-state index in [1.54, 1.807) is 6.07 Å². The number of carbonyl (C=O) groups excluding carboxylic acids is 1. The first-order valence-corrected chi connectivity index (χ1v) is 10.4. The minimum Gasteiger partial charge on any atom is -0.460 e. The van der Waals surface area contributed by atoms with Crippen molar-refractivity contribution in [2.75, 3.05) is 46.2 Å². The van der Waals surface area contributed by atoms with Gasteiger partial charge in [0.15, 0.2) is 0 Å². The van der Waals surface area contributed by atoms with Crippen LogP contribution in [0.15, 0.2) is 30.3 Å². The number of carbonyl (C=O) groups is 1. The SMILES string of the molecule is CCOCCOCCOCCOC(=O)c1cc([N+](=O)[O-])cc2c1-c1ccc([N+](=O)[O-])cc1C2. The number of hydrogen-bond acceptors (Lipinski definition) is 9. The lowest BCUT2D eigenvalue weighted by Gasteiger charge is -2.11. The lowest BCUT2D eigenvalue weighted by molar-refractivity contribution is -0.385. The summed E-state index contributed by atoms with van der Waals surface area (Å²) < 4.78 is 21.1. The topological polar surface area (TPSA) is 140 Å². The average Bonchev–Trinajstić information content (AvgIpc) is 3.17. The molecule has 0 atom stereocenters. The summed E-state index contributed by atoms with van der Waals surface area (Å²) in [4.78, 5) is 34.1. The summed E-state index contributed by atoms with van der Waals surface area (Å²) in [7, 11) is 0. The number of fused-ring (bicyclic) bond motifs is 3. The molecule has 0 aliphatic heterocycles. The van der Waals surface area contributed by atoms with E-state index in [4.69, 9.17) is 18.9 Å². The van der Waals surface area contributed by atoms with Crippen LogP contribution in [-0.4, -0.2) is 62.1 Å². The van der Waals surface area contributed by atoms with Crippen molar-refractivity contribution < 1.29 is 33.6 Å². The largest absolute Gasteiger partial charge is 0.460 e. The van der Waals surface area contributed by atoms with Crippen molar-refractivity contribution in [2.45, 2.75) is 13.3 Å². The molecular weight excluding hydrogens is 436 g/mol. The summed E-state index contributed by atoms with van der Waals surface area (Å²) in [5.41, 5.74) is 2.01. The predicted molar refractivity (Wildman–Crippen MR) is 116 cm³/mol. The van der Waals surface area contributed by atoms with Gasteiger partial charge in [-0.1, -0.05) is 0 Å². The molecule has 3 rings (SSSR count). The third kappa shape index (κ3) is 6.09. The van der Waals surface area contributed by atoms with Gasteiger partial charge in [0.1, 0.15) is 6.61 Å². The van der Waals surface area contributed by atoms with Gasteiger partial charge in [0.05, 0.1) is 48.4 Å². The molecule has 0 radical (unpaired) electrons. The number of hydrogen-bond donors (Lipinski definition) is 0. The molecule has 0 saturated carbocycles. The van der Waals surface area contributed by atoms with Gasteiger partial charge in [-0.25, -0.2) is 4.79 Å². The third-order valence-corrected chi connectivity index (χ3v) is 4.99. The van der Waals surface area contributed by atoms with Crippen LogP contribution >= 0.6 is 0 Å². The standard InChI is InChI=1S/C22H24N2O9/c1-2-30-5-6-31-7-8-32-9-10-33-22(25)20-14-18(24(28)29)13-16-11-15-12-17(23(26)27)3-4-19(15)21(16)20/h3-4,12-14H,2,5-11H2,1H3. The molecule has 1 aliphatic rings. The maximum absolute atomic E-state index is 12.8. The zero-order chi connectivity index (χ0) is 23.8. The molecule has 0 spiro atoms. The third-order valence-electron chi connectivity index (χ3n) is 4.99. The van der Waals surface area contributed by atoms with E-state index < -0.39 is 15.8 Å². The van der Waals surface area contributed by atoms with Crippen molar-refractivity contribution in [2.24, 2.45) is 0 Å². The van der Waals surface area contributed by atoms with Crippen molar-refractivity contribution in [1.29, 1.82) is 0 Å². The van der Waals surface area contributed by atoms with Gasteiger partial charge >= 0.3 is 5.97 Å². The fraction of sp³-hybridized carbons (Fsp3) is 0.409. The first kappa shape index (κ1) is 24.2. The normalized spacial score (nSPS) is 11.7. The molecule has 0 fully saturated rings. The Morgan fingerprint density at radius 1 is 0.848 bits per heavy atom. The summed E-state index contributed by atoms with van der Waals surface area (Å²) in [6, 6.07) is 6.86. The molecule has 2 aromatic carbocycles. The molecular formula is C22H24N2O9. The number of nitrogens with zero attached hydrogens (tertiary/aromatic N) is 2. The number of nitro groups is 2. The quantitative estimate of drug-likeness (QED) is 0.163. The Bertz CT molecular complexity index is 1040. The minimum absolute atomic E-state index is 0.0393. The van der Waals surface area contributed by atoms with Gasteiger partial charge in [-0.15, -0.1) is 0 Å². The van der Waals surface area contributed by atoms with Crippen molar-refractivity contribution in [1.82, 2.24) is 0 Å². The molecule has 0 unspecified atom stereocenters. The van der Waals surface area contributed by atoms with E-state index in [0.29, 0.717) is 55.3 Å². The Balaban J connectivity index is 1.64. The van der Waals surface area contributed by atoms with Crippen molar-refractivity contribution in [3.63, 3.8) is 0 Å². The Hall–Kier alpha value is -3.41. The number of ether oxygens (including phenoxy) is 4. The Morgan fingerprint density at radius 3 is 2.09 bits per heavy atom. The van der Waals surface area contributed by atoms with E-state index in [0.717, 1.165) is 0 Å². The van der Waals surface area contributed by atoms with E-state index >= 15 is 0 Å². The molecule has 0 bridgehead atoms. The van der Waals surface area contributed by atoms with Crippen LogP contribution in [0.2, 0.25) is 0 Å². The van der Waals surface area contributed by atoms with Gasteiger partial charge in [0, 0.05) is 36.4 Å². The zero-order valence-electron chi connectivity index (χ0n) is 18.1. The highest BCUT2D eigenvalue weighted by molar-refractivity contribution is 6.01. The van der Waals surface area contributed by atoms with Crippen LogP contribution in [0.4, 0.5) is 11.4 Å². The van der Waals surface area contributed by atoms with Crippen molar-refractivity contribution in [3.05, 3.63) is 67.3 Å². The fourth-order valence-electron chi connectivity index (χ4n) is 3.55. The maximum atomic E-state index is 12.8. The lowest BCUT2D eigenvalue weighted by atomic mass is 9.98. The van der Waals surface area contributed by atoms with Gasteiger partial charge in [0.25, 0.3) is 11.4 Å². The van der Waals surface area contributed by atoms with E-state index in [2.05, 4.69) is 0 Å². The van der Waals surface area contributed by atoms with E-state index in [9.17, 15) is 25.0 Å². The number of non-ortho nitro benzene ring substituents is 2. The van der Waals surface area contributed by atoms with Crippen LogP contribution in [0.25, 0.3) is 11.1 Å². The minimum atomic E-state index is -0.724. The highest BCUT2D eigenvalue weighted by Crippen LogP contribution is 2.42. The smallest absolute Gasteiger partial charge is 0.339 e. The maximum Gasteiger partial charge on any atom is 0.339 e. The molecule has 1 aliphatic carbocycles. The molecule has 11 heteroatoms. The Morgan fingerprint density at radius 2 is 1.45 bits per heavy atom. The van der Waals surface area contributed by atoms with Crippen LogP contribution < -0.4 is 0 Å². The summed E-state index contributed by atoms with van der Waals surface area (Å²) >= 11 is 0. The van der Waals surface area contributed by atoms with Crippen LogP contribution in [0.5, 0.6) is 0 Å². The summed E-state index contributed by atoms with van der Waals surface area (Å²) in [6.45, 7) is 4.31. The number of esters is 1. The second kappa shape index (κ2) is 11.5. The van der Waals surface area contributed by atoms with Gasteiger partial charge in [-0.2, -0.15) is 0 Å². The molecule has 0 saturated heterocycles. The molecule has 0 heterocycles. The van der Waals surface area contributed by atoms with E-state index in [1.807, 2.05) is 6.92 Å². The van der Waals surface area contributed by atoms with Crippen LogP contribution in [-0.2, 0) is 25.4 Å². The van der Waals surface area contributed by atoms with Gasteiger partial charge < -0.3 is 18.9 Å². The monoisotopic (exact) mass is 460 g/mol. The number of nitro benzene ring substituents is 2. The molecule has 0 aromatic heterocycles. The first-order valence-electron chi connectivity index (χ1n) is 10.4. The second-order valence-electron chi connectivity index (χ2n) is 7.12. The summed E-state index contributed by atoms with van der Waals surface area (Å²) in [6.07, 6.45) is 0.251. The van der Waals surface area contributed by atoms with Crippen molar-refractivity contribution >= 4 is 17.3 Å². The Kier molecular flexibility index (Phi) is 8.41. The zero-order valence-corrected chi connectivity index (χ0v) is 18.1. The molecule has 2 aromatic rings. The lowest BCUT2D eigenvalue weighted by Crippen LogP contribution is -2.15. The van der Waals surface area contributed by atoms with Crippen LogP contribution in [0.3, 0.4) is 0 Å². The van der Waals surface area contributed by atoms with Crippen molar-refractivity contribution in [3.8, 4) is 11.1 Å². The van der Waals surface area contributed by atoms with Gasteiger partial charge in [0.2, 0.25) is 0 Å². The predicted octanol–water partition coefficient (Wildman–Crippen LogP) is 3.30. The molecule has 0 amide bonds. The van der Waals surface area contributed by atoms with Gasteiger partial charge in [-0.05, 0) is 36.1 Å². The highest BCUT2D eigenvalue weighted by Gasteiger charge is 2.29. The number of benzene rings is 2. The molecule has 0 N–H and O–H groups in total. The molecule has 11 nitrogen and oxygen atoms in total. The second-order valence-corrected chi connectivity index (χ2v) is 7.12. The highest BCUT2D eigenvalue weighted by atomic mass is 16.6. The Labute approximate surface area is 189 Å². The van der Waals surface area contributed by atoms with E-state index in [-0.39, 0.29) is 36.6 Å². The molecule has 176 valence electrons. The molecule has 33 heavy (non-hydrogen) atoms. The van der Waals surface area contributed by atoms with E-state index in [1.165, 1.54) is 24.3 Å². The summed E-state index contributed by atoms with van der Waals surface area (Å²) in [5.74, 6) is -0.724. The average molecular weight is 460 g/mol. The summed E-state index contributed by atoms with van der Waals surface area (Å²) in [5, 5.41) is 22.4. The van der Waals surface area contributed by atoms with Gasteiger partial charge in [-0.3, -0.25) is 20.2 Å². The van der Waals surface area contributed by atoms with Crippen LogP contribution in [0.1, 0.15) is 28.4 Å². The van der Waals surface area contributed by atoms with Crippen LogP contribution in [0, 0.1) is 20.2 Å².